The van der Waals surface area contributed by atoms with Crippen LogP contribution >= 0.6 is 0 Å². The highest BCUT2D eigenvalue weighted by molar-refractivity contribution is 5.62. The van der Waals surface area contributed by atoms with Crippen molar-refractivity contribution in [2.24, 2.45) is 5.16 Å². The Kier molecular flexibility index (Phi) is 7.15. The highest BCUT2D eigenvalue weighted by atomic mass is 16.5. The van der Waals surface area contributed by atoms with Gasteiger partial charge < -0.3 is 9.94 Å². The van der Waals surface area contributed by atoms with Crippen LogP contribution in [-0.2, 0) is 4.74 Å². The summed E-state index contributed by atoms with van der Waals surface area (Å²) in [6, 6.07) is 0. The molecule has 1 atom stereocenters. The zero-order valence-electron chi connectivity index (χ0n) is 7.29. The van der Waals surface area contributed by atoms with Gasteiger partial charge in [-0.1, -0.05) is 25.4 Å². The molecule has 0 spiro atoms. The molecule has 3 heteroatoms. The van der Waals surface area contributed by atoms with Gasteiger partial charge in [-0.25, -0.2) is 0 Å². The molecule has 0 amide bonds. The summed E-state index contributed by atoms with van der Waals surface area (Å²) in [6.45, 7) is 4.86. The highest BCUT2D eigenvalue weighted by Gasteiger charge is 2.02. The van der Waals surface area contributed by atoms with Gasteiger partial charge in [0.05, 0.1) is 12.3 Å². The fourth-order valence-electron chi connectivity index (χ4n) is 0.829. The second-order valence-corrected chi connectivity index (χ2v) is 2.46. The van der Waals surface area contributed by atoms with Gasteiger partial charge >= 0.3 is 0 Å². The van der Waals surface area contributed by atoms with Crippen molar-refractivity contribution in [3.8, 4) is 0 Å². The zero-order chi connectivity index (χ0) is 8.53. The predicted molar refractivity (Wildman–Crippen MR) is 45.2 cm³/mol. The highest BCUT2D eigenvalue weighted by Crippen LogP contribution is 1.99. The first-order valence-corrected chi connectivity index (χ1v) is 4.14. The van der Waals surface area contributed by atoms with E-state index in [0.717, 1.165) is 25.9 Å². The van der Waals surface area contributed by atoms with Gasteiger partial charge in [-0.05, 0) is 12.8 Å². The van der Waals surface area contributed by atoms with Gasteiger partial charge in [0.25, 0.3) is 0 Å². The molecule has 1 unspecified atom stereocenters. The number of ether oxygens (including phenoxy) is 1. The Balaban J connectivity index is 3.51. The largest absolute Gasteiger partial charge is 0.411 e. The van der Waals surface area contributed by atoms with Crippen molar-refractivity contribution in [2.75, 3.05) is 6.61 Å². The van der Waals surface area contributed by atoms with Crippen molar-refractivity contribution in [1.29, 1.82) is 0 Å². The molecule has 11 heavy (non-hydrogen) atoms. The Bertz CT molecular complexity index is 104. The molecule has 0 aromatic heterocycles. The van der Waals surface area contributed by atoms with Crippen LogP contribution in [0.1, 0.15) is 33.1 Å². The molecular formula is C8H17NO2. The first-order chi connectivity index (χ1) is 5.35. The third-order valence-electron chi connectivity index (χ3n) is 1.34. The van der Waals surface area contributed by atoms with E-state index in [-0.39, 0.29) is 6.10 Å². The first kappa shape index (κ1) is 10.4. The molecule has 66 valence electrons. The van der Waals surface area contributed by atoms with Crippen LogP contribution in [0.15, 0.2) is 5.16 Å². The minimum Gasteiger partial charge on any atom is -0.411 e. The summed E-state index contributed by atoms with van der Waals surface area (Å²) in [4.78, 5) is 0. The van der Waals surface area contributed by atoms with Gasteiger partial charge in [0.2, 0.25) is 0 Å². The number of oxime groups is 1. The normalized spacial score (nSPS) is 14.0. The minimum atomic E-state index is -0.00931. The Hall–Kier alpha value is -0.570. The van der Waals surface area contributed by atoms with Crippen molar-refractivity contribution >= 4 is 6.21 Å². The Labute approximate surface area is 68.1 Å². The van der Waals surface area contributed by atoms with Crippen LogP contribution in [0.3, 0.4) is 0 Å². The minimum absolute atomic E-state index is 0.00931. The molecule has 0 bridgehead atoms. The van der Waals surface area contributed by atoms with E-state index in [9.17, 15) is 0 Å². The van der Waals surface area contributed by atoms with Crippen LogP contribution in [0.5, 0.6) is 0 Å². The molecule has 0 aliphatic carbocycles. The van der Waals surface area contributed by atoms with E-state index in [4.69, 9.17) is 9.94 Å². The van der Waals surface area contributed by atoms with Gasteiger partial charge in [-0.3, -0.25) is 0 Å². The van der Waals surface area contributed by atoms with E-state index in [0.29, 0.717) is 0 Å². The molecular weight excluding hydrogens is 142 g/mol. The molecule has 1 N–H and O–H groups in total. The lowest BCUT2D eigenvalue weighted by molar-refractivity contribution is 0.0930. The van der Waals surface area contributed by atoms with Crippen molar-refractivity contribution in [1.82, 2.24) is 0 Å². The number of rotatable bonds is 6. The molecule has 0 saturated carbocycles. The molecule has 0 rings (SSSR count). The third kappa shape index (κ3) is 5.85. The van der Waals surface area contributed by atoms with Gasteiger partial charge in [-0.2, -0.15) is 0 Å². The predicted octanol–water partition coefficient (Wildman–Crippen LogP) is 2.04. The van der Waals surface area contributed by atoms with Crippen LogP contribution < -0.4 is 0 Å². The molecule has 0 aliphatic heterocycles. The fourth-order valence-corrected chi connectivity index (χ4v) is 0.829. The lowest BCUT2D eigenvalue weighted by Gasteiger charge is -2.10. The Morgan fingerprint density at radius 1 is 1.45 bits per heavy atom. The maximum absolute atomic E-state index is 8.25. The second-order valence-electron chi connectivity index (χ2n) is 2.46. The lowest BCUT2D eigenvalue weighted by atomic mass is 10.2. The SMILES string of the molecule is CCCOC(C=NO)CCC. The molecule has 0 aromatic rings. The number of nitrogens with zero attached hydrogens (tertiary/aromatic N) is 1. The molecule has 3 nitrogen and oxygen atoms in total. The monoisotopic (exact) mass is 159 g/mol. The van der Waals surface area contributed by atoms with Gasteiger partial charge in [-0.15, -0.1) is 0 Å². The summed E-state index contributed by atoms with van der Waals surface area (Å²) < 4.78 is 5.36. The van der Waals surface area contributed by atoms with Crippen LogP contribution in [0.4, 0.5) is 0 Å². The standard InChI is InChI=1S/C8H17NO2/c1-3-5-8(7-9-10)11-6-4-2/h7-8,10H,3-6H2,1-2H3. The van der Waals surface area contributed by atoms with Crippen molar-refractivity contribution in [3.05, 3.63) is 0 Å². The number of hydrogen-bond acceptors (Lipinski definition) is 3. The van der Waals surface area contributed by atoms with Crippen molar-refractivity contribution in [3.63, 3.8) is 0 Å². The lowest BCUT2D eigenvalue weighted by Crippen LogP contribution is -2.14. The van der Waals surface area contributed by atoms with Crippen LogP contribution in [0.2, 0.25) is 0 Å². The van der Waals surface area contributed by atoms with E-state index in [1.54, 1.807) is 0 Å². The van der Waals surface area contributed by atoms with E-state index >= 15 is 0 Å². The van der Waals surface area contributed by atoms with E-state index in [2.05, 4.69) is 19.0 Å². The molecule has 0 radical (unpaired) electrons. The molecule has 0 heterocycles. The average molecular weight is 159 g/mol. The topological polar surface area (TPSA) is 41.8 Å². The zero-order valence-corrected chi connectivity index (χ0v) is 7.29. The maximum atomic E-state index is 8.25. The summed E-state index contributed by atoms with van der Waals surface area (Å²) >= 11 is 0. The van der Waals surface area contributed by atoms with Crippen LogP contribution in [0.25, 0.3) is 0 Å². The number of hydrogen-bond donors (Lipinski definition) is 1. The molecule has 0 aromatic carbocycles. The van der Waals surface area contributed by atoms with E-state index in [1.807, 2.05) is 0 Å². The van der Waals surface area contributed by atoms with Crippen molar-refractivity contribution < 1.29 is 9.94 Å². The van der Waals surface area contributed by atoms with Gasteiger partial charge in [0, 0.05) is 6.61 Å². The summed E-state index contributed by atoms with van der Waals surface area (Å²) in [5.41, 5.74) is 0. The summed E-state index contributed by atoms with van der Waals surface area (Å²) in [5, 5.41) is 11.2. The van der Waals surface area contributed by atoms with Gasteiger partial charge in [0.1, 0.15) is 0 Å². The quantitative estimate of drug-likeness (QED) is 0.366. The maximum Gasteiger partial charge on any atom is 0.0959 e. The van der Waals surface area contributed by atoms with E-state index in [1.165, 1.54) is 6.21 Å². The summed E-state index contributed by atoms with van der Waals surface area (Å²) in [7, 11) is 0. The Morgan fingerprint density at radius 3 is 2.64 bits per heavy atom. The molecule has 0 aliphatic rings. The van der Waals surface area contributed by atoms with E-state index < -0.39 is 0 Å². The summed E-state index contributed by atoms with van der Waals surface area (Å²) in [5.74, 6) is 0. The third-order valence-corrected chi connectivity index (χ3v) is 1.34. The van der Waals surface area contributed by atoms with Gasteiger partial charge in [0.15, 0.2) is 0 Å². The van der Waals surface area contributed by atoms with Crippen LogP contribution in [0, 0.1) is 0 Å². The molecule has 0 saturated heterocycles. The smallest absolute Gasteiger partial charge is 0.0959 e. The van der Waals surface area contributed by atoms with Crippen molar-refractivity contribution in [2.45, 2.75) is 39.2 Å². The second kappa shape index (κ2) is 7.54. The average Bonchev–Trinajstić information content (AvgIpc) is 2.01. The van der Waals surface area contributed by atoms with Crippen LogP contribution in [-0.4, -0.2) is 24.1 Å². The molecule has 0 fully saturated rings. The fraction of sp³-hybridized carbons (Fsp3) is 0.875. The Morgan fingerprint density at radius 2 is 2.18 bits per heavy atom. The first-order valence-electron chi connectivity index (χ1n) is 4.14. The summed E-state index contributed by atoms with van der Waals surface area (Å²) in [6.07, 6.45) is 4.40.